The van der Waals surface area contributed by atoms with E-state index in [-0.39, 0.29) is 0 Å². The van der Waals surface area contributed by atoms with E-state index in [1.165, 1.54) is 17.7 Å². The predicted octanol–water partition coefficient (Wildman–Crippen LogP) is 3.85. The van der Waals surface area contributed by atoms with Gasteiger partial charge in [0.05, 0.1) is 5.60 Å². The first-order valence-electron chi connectivity index (χ1n) is 5.29. The van der Waals surface area contributed by atoms with E-state index in [9.17, 15) is 5.11 Å². The molecule has 0 atom stereocenters. The zero-order chi connectivity index (χ0) is 10.7. The van der Waals surface area contributed by atoms with Crippen LogP contribution in [0.5, 0.6) is 0 Å². The van der Waals surface area contributed by atoms with Gasteiger partial charge in [-0.25, -0.2) is 0 Å². The van der Waals surface area contributed by atoms with Gasteiger partial charge in [-0.15, -0.1) is 11.8 Å². The highest BCUT2D eigenvalue weighted by Crippen LogP contribution is 2.34. The van der Waals surface area contributed by atoms with Crippen LogP contribution in [0.4, 0.5) is 0 Å². The van der Waals surface area contributed by atoms with Gasteiger partial charge in [0.2, 0.25) is 0 Å². The Kier molecular flexibility index (Phi) is 3.75. The lowest BCUT2D eigenvalue weighted by Crippen LogP contribution is -2.26. The molecule has 1 nitrogen and oxygen atoms in total. The molecular formula is C12H15BrOS. The van der Waals surface area contributed by atoms with Gasteiger partial charge in [-0.05, 0) is 37.1 Å². The first-order chi connectivity index (χ1) is 7.18. The topological polar surface area (TPSA) is 20.2 Å². The lowest BCUT2D eigenvalue weighted by Gasteiger charge is -2.21. The molecule has 1 aliphatic rings. The van der Waals surface area contributed by atoms with Gasteiger partial charge in [0.1, 0.15) is 0 Å². The van der Waals surface area contributed by atoms with Crippen molar-refractivity contribution in [3.63, 3.8) is 0 Å². The van der Waals surface area contributed by atoms with Gasteiger partial charge < -0.3 is 5.11 Å². The molecule has 82 valence electrons. The second kappa shape index (κ2) is 4.89. The van der Waals surface area contributed by atoms with Gasteiger partial charge in [0, 0.05) is 15.1 Å². The quantitative estimate of drug-likeness (QED) is 0.852. The third-order valence-corrected chi connectivity index (χ3v) is 4.67. The predicted molar refractivity (Wildman–Crippen MR) is 68.3 cm³/mol. The van der Waals surface area contributed by atoms with Crippen molar-refractivity contribution in [2.24, 2.45) is 0 Å². The van der Waals surface area contributed by atoms with E-state index in [0.29, 0.717) is 0 Å². The first kappa shape index (κ1) is 11.5. The van der Waals surface area contributed by atoms with E-state index in [1.54, 1.807) is 11.8 Å². The summed E-state index contributed by atoms with van der Waals surface area (Å²) in [6, 6.07) is 8.27. The summed E-state index contributed by atoms with van der Waals surface area (Å²) in [7, 11) is 0. The Bertz CT molecular complexity index is 317. The molecule has 1 fully saturated rings. The highest BCUT2D eigenvalue weighted by molar-refractivity contribution is 9.10. The molecule has 0 radical (unpaired) electrons. The summed E-state index contributed by atoms with van der Waals surface area (Å²) in [4.78, 5) is 1.23. The van der Waals surface area contributed by atoms with E-state index >= 15 is 0 Å². The van der Waals surface area contributed by atoms with Gasteiger partial charge >= 0.3 is 0 Å². The van der Waals surface area contributed by atoms with Crippen molar-refractivity contribution in [1.82, 2.24) is 0 Å². The molecule has 1 aliphatic carbocycles. The smallest absolute Gasteiger partial charge is 0.0741 e. The molecule has 0 amide bonds. The Labute approximate surface area is 103 Å². The summed E-state index contributed by atoms with van der Waals surface area (Å²) in [6.07, 6.45) is 4.29. The zero-order valence-electron chi connectivity index (χ0n) is 8.58. The van der Waals surface area contributed by atoms with Crippen molar-refractivity contribution in [1.29, 1.82) is 0 Å². The van der Waals surface area contributed by atoms with Gasteiger partial charge in [0.15, 0.2) is 0 Å². The number of aliphatic hydroxyl groups is 1. The molecule has 1 aromatic rings. The summed E-state index contributed by atoms with van der Waals surface area (Å²) in [5, 5.41) is 10.2. The summed E-state index contributed by atoms with van der Waals surface area (Å²) in [6.45, 7) is 0. The van der Waals surface area contributed by atoms with E-state index in [1.807, 2.05) is 12.1 Å². The van der Waals surface area contributed by atoms with Crippen LogP contribution in [0.1, 0.15) is 25.7 Å². The molecule has 0 heterocycles. The standard InChI is InChI=1S/C12H15BrOS/c13-10-3-5-11(6-4-10)15-9-12(14)7-1-2-8-12/h3-6,14H,1-2,7-9H2. The SMILES string of the molecule is OC1(CSc2ccc(Br)cc2)CCCC1. The largest absolute Gasteiger partial charge is 0.389 e. The molecule has 0 saturated heterocycles. The molecular weight excluding hydrogens is 272 g/mol. The second-order valence-electron chi connectivity index (χ2n) is 4.17. The van der Waals surface area contributed by atoms with Crippen molar-refractivity contribution >= 4 is 27.7 Å². The number of halogens is 1. The minimum atomic E-state index is -0.405. The Morgan fingerprint density at radius 2 is 1.80 bits per heavy atom. The average Bonchev–Trinajstić information content (AvgIpc) is 2.65. The molecule has 1 N–H and O–H groups in total. The van der Waals surface area contributed by atoms with Crippen LogP contribution in [0.3, 0.4) is 0 Å². The van der Waals surface area contributed by atoms with Crippen molar-refractivity contribution in [3.8, 4) is 0 Å². The third-order valence-electron chi connectivity index (χ3n) is 2.86. The summed E-state index contributed by atoms with van der Waals surface area (Å²) < 4.78 is 1.10. The van der Waals surface area contributed by atoms with E-state index in [2.05, 4.69) is 28.1 Å². The molecule has 2 rings (SSSR count). The maximum absolute atomic E-state index is 10.2. The normalized spacial score (nSPS) is 19.3. The highest BCUT2D eigenvalue weighted by atomic mass is 79.9. The van der Waals surface area contributed by atoms with Gasteiger partial charge in [-0.3, -0.25) is 0 Å². The van der Waals surface area contributed by atoms with Crippen LogP contribution in [0, 0.1) is 0 Å². The molecule has 1 saturated carbocycles. The molecule has 0 unspecified atom stereocenters. The Morgan fingerprint density at radius 3 is 2.40 bits per heavy atom. The number of rotatable bonds is 3. The summed E-state index contributed by atoms with van der Waals surface area (Å²) >= 11 is 5.17. The average molecular weight is 287 g/mol. The fourth-order valence-corrected chi connectivity index (χ4v) is 3.24. The maximum atomic E-state index is 10.2. The Balaban J connectivity index is 1.90. The van der Waals surface area contributed by atoms with Gasteiger partial charge in [0.25, 0.3) is 0 Å². The first-order valence-corrected chi connectivity index (χ1v) is 7.07. The van der Waals surface area contributed by atoms with Gasteiger partial charge in [-0.2, -0.15) is 0 Å². The molecule has 15 heavy (non-hydrogen) atoms. The molecule has 0 bridgehead atoms. The van der Waals surface area contributed by atoms with E-state index in [0.717, 1.165) is 23.1 Å². The van der Waals surface area contributed by atoms with Crippen LogP contribution in [0.15, 0.2) is 33.6 Å². The number of thioether (sulfide) groups is 1. The molecule has 0 aliphatic heterocycles. The Morgan fingerprint density at radius 1 is 1.20 bits per heavy atom. The fraction of sp³-hybridized carbons (Fsp3) is 0.500. The molecule has 3 heteroatoms. The van der Waals surface area contributed by atoms with Crippen molar-refractivity contribution in [2.75, 3.05) is 5.75 Å². The molecule has 0 spiro atoms. The second-order valence-corrected chi connectivity index (χ2v) is 6.14. The Hall–Kier alpha value is 0.01000. The fourth-order valence-electron chi connectivity index (χ4n) is 1.93. The monoisotopic (exact) mass is 286 g/mol. The molecule has 0 aromatic heterocycles. The third kappa shape index (κ3) is 3.23. The van der Waals surface area contributed by atoms with E-state index < -0.39 is 5.60 Å². The maximum Gasteiger partial charge on any atom is 0.0741 e. The van der Waals surface area contributed by atoms with Gasteiger partial charge in [-0.1, -0.05) is 28.8 Å². The number of benzene rings is 1. The van der Waals surface area contributed by atoms with Crippen LogP contribution in [0.25, 0.3) is 0 Å². The lowest BCUT2D eigenvalue weighted by molar-refractivity contribution is 0.0732. The van der Waals surface area contributed by atoms with Crippen molar-refractivity contribution in [2.45, 2.75) is 36.2 Å². The van der Waals surface area contributed by atoms with Crippen molar-refractivity contribution < 1.29 is 5.11 Å². The van der Waals surface area contributed by atoms with Crippen LogP contribution >= 0.6 is 27.7 Å². The number of hydrogen-bond acceptors (Lipinski definition) is 2. The highest BCUT2D eigenvalue weighted by Gasteiger charge is 2.30. The minimum absolute atomic E-state index is 0.405. The van der Waals surface area contributed by atoms with Crippen LogP contribution < -0.4 is 0 Å². The summed E-state index contributed by atoms with van der Waals surface area (Å²) in [5.41, 5.74) is -0.405. The van der Waals surface area contributed by atoms with Crippen LogP contribution in [-0.4, -0.2) is 16.5 Å². The summed E-state index contributed by atoms with van der Waals surface area (Å²) in [5.74, 6) is 0.828. The zero-order valence-corrected chi connectivity index (χ0v) is 11.0. The van der Waals surface area contributed by atoms with Crippen LogP contribution in [-0.2, 0) is 0 Å². The van der Waals surface area contributed by atoms with Crippen LogP contribution in [0.2, 0.25) is 0 Å². The number of hydrogen-bond donors (Lipinski definition) is 1. The minimum Gasteiger partial charge on any atom is -0.389 e. The molecule has 1 aromatic carbocycles. The lowest BCUT2D eigenvalue weighted by atomic mass is 10.1. The van der Waals surface area contributed by atoms with Crippen molar-refractivity contribution in [3.05, 3.63) is 28.7 Å². The van der Waals surface area contributed by atoms with E-state index in [4.69, 9.17) is 0 Å².